The molecule has 0 bridgehead atoms. The van der Waals surface area contributed by atoms with Crippen LogP contribution in [0.25, 0.3) is 0 Å². The van der Waals surface area contributed by atoms with Crippen LogP contribution >= 0.6 is 0 Å². The van der Waals surface area contributed by atoms with Gasteiger partial charge in [0.15, 0.2) is 11.6 Å². The number of benzene rings is 1. The highest BCUT2D eigenvalue weighted by Gasteiger charge is 2.30. The van der Waals surface area contributed by atoms with Gasteiger partial charge in [-0.25, -0.2) is 9.37 Å². The van der Waals surface area contributed by atoms with Crippen LogP contribution in [-0.4, -0.2) is 40.6 Å². The van der Waals surface area contributed by atoms with Crippen molar-refractivity contribution in [2.24, 2.45) is 7.05 Å². The van der Waals surface area contributed by atoms with Gasteiger partial charge in [0.2, 0.25) is 5.82 Å². The predicted molar refractivity (Wildman–Crippen MR) is 84.0 cm³/mol. The van der Waals surface area contributed by atoms with Crippen molar-refractivity contribution in [1.82, 2.24) is 14.5 Å². The summed E-state index contributed by atoms with van der Waals surface area (Å²) in [7, 11) is 3.16. The highest BCUT2D eigenvalue weighted by molar-refractivity contribution is 5.94. The second-order valence-corrected chi connectivity index (χ2v) is 5.93. The number of halogens is 2. The van der Waals surface area contributed by atoms with Gasteiger partial charge in [0.1, 0.15) is 5.82 Å². The molecule has 0 aliphatic carbocycles. The summed E-state index contributed by atoms with van der Waals surface area (Å²) in [6.07, 6.45) is 5.28. The number of likely N-dealkylation sites (tertiary alicyclic amines) is 1. The van der Waals surface area contributed by atoms with E-state index in [1.54, 1.807) is 11.1 Å². The number of carbonyl (C=O) groups excluding carboxylic acids is 1. The lowest BCUT2D eigenvalue weighted by atomic mass is 9.96. The van der Waals surface area contributed by atoms with Gasteiger partial charge in [-0.1, -0.05) is 0 Å². The first-order valence-corrected chi connectivity index (χ1v) is 7.81. The Morgan fingerprint density at radius 2 is 2.12 bits per heavy atom. The van der Waals surface area contributed by atoms with Crippen LogP contribution in [0.4, 0.5) is 8.78 Å². The minimum absolute atomic E-state index is 0.0915. The second kappa shape index (κ2) is 6.59. The third-order valence-corrected chi connectivity index (χ3v) is 4.43. The Kier molecular flexibility index (Phi) is 4.51. The fourth-order valence-corrected chi connectivity index (χ4v) is 3.17. The number of nitrogens with zero attached hydrogens (tertiary/aromatic N) is 3. The molecule has 1 saturated heterocycles. The predicted octanol–water partition coefficient (Wildman–Crippen LogP) is 2.73. The molecule has 128 valence electrons. The standard InChI is InChI=1S/C17H19F2N3O2/c1-21-9-7-20-16(21)11-4-3-8-22(10-11)17(23)12-5-6-13(24-2)15(19)14(12)18/h5-7,9,11H,3-4,8,10H2,1-2H3/t11-/m1/s1. The van der Waals surface area contributed by atoms with E-state index in [1.807, 2.05) is 17.8 Å². The van der Waals surface area contributed by atoms with E-state index in [4.69, 9.17) is 4.74 Å². The average molecular weight is 335 g/mol. The minimum atomic E-state index is -1.17. The van der Waals surface area contributed by atoms with Crippen LogP contribution < -0.4 is 4.74 Å². The molecule has 0 N–H and O–H groups in total. The van der Waals surface area contributed by atoms with Crippen molar-refractivity contribution in [2.45, 2.75) is 18.8 Å². The lowest BCUT2D eigenvalue weighted by Crippen LogP contribution is -2.40. The Hall–Kier alpha value is -2.44. The van der Waals surface area contributed by atoms with Gasteiger partial charge in [0, 0.05) is 38.4 Å². The van der Waals surface area contributed by atoms with Crippen LogP contribution in [0, 0.1) is 11.6 Å². The molecular formula is C17H19F2N3O2. The van der Waals surface area contributed by atoms with Crippen molar-refractivity contribution in [3.8, 4) is 5.75 Å². The number of piperidine rings is 1. The maximum atomic E-state index is 14.2. The number of hydrogen-bond donors (Lipinski definition) is 0. The van der Waals surface area contributed by atoms with E-state index in [0.717, 1.165) is 18.7 Å². The van der Waals surface area contributed by atoms with Crippen molar-refractivity contribution in [2.75, 3.05) is 20.2 Å². The Bertz CT molecular complexity index is 760. The lowest BCUT2D eigenvalue weighted by molar-refractivity contribution is 0.0697. The molecule has 2 aromatic rings. The number of imidazole rings is 1. The average Bonchev–Trinajstić information content (AvgIpc) is 3.03. The Morgan fingerprint density at radius 3 is 2.79 bits per heavy atom. The molecule has 3 rings (SSSR count). The molecule has 1 aromatic carbocycles. The number of ether oxygens (including phenoxy) is 1. The third kappa shape index (κ3) is 2.86. The zero-order valence-electron chi connectivity index (χ0n) is 13.6. The van der Waals surface area contributed by atoms with Gasteiger partial charge in [0.05, 0.1) is 12.7 Å². The van der Waals surface area contributed by atoms with E-state index >= 15 is 0 Å². The summed E-state index contributed by atoms with van der Waals surface area (Å²) in [6, 6.07) is 2.54. The van der Waals surface area contributed by atoms with Gasteiger partial charge in [0.25, 0.3) is 5.91 Å². The fourth-order valence-electron chi connectivity index (χ4n) is 3.17. The number of rotatable bonds is 3. The Labute approximate surface area is 138 Å². The summed E-state index contributed by atoms with van der Waals surface area (Å²) < 4.78 is 34.7. The highest BCUT2D eigenvalue weighted by Crippen LogP contribution is 2.28. The zero-order chi connectivity index (χ0) is 17.3. The van der Waals surface area contributed by atoms with Gasteiger partial charge in [-0.3, -0.25) is 4.79 Å². The van der Waals surface area contributed by atoms with E-state index in [0.29, 0.717) is 13.1 Å². The Morgan fingerprint density at radius 1 is 1.33 bits per heavy atom. The minimum Gasteiger partial charge on any atom is -0.494 e. The lowest BCUT2D eigenvalue weighted by Gasteiger charge is -2.32. The quantitative estimate of drug-likeness (QED) is 0.866. The molecule has 5 nitrogen and oxygen atoms in total. The molecule has 1 aromatic heterocycles. The van der Waals surface area contributed by atoms with Gasteiger partial charge < -0.3 is 14.2 Å². The first-order chi connectivity index (χ1) is 11.5. The van der Waals surface area contributed by atoms with Crippen LogP contribution in [0.1, 0.15) is 34.9 Å². The van der Waals surface area contributed by atoms with E-state index in [9.17, 15) is 13.6 Å². The smallest absolute Gasteiger partial charge is 0.256 e. The van der Waals surface area contributed by atoms with Gasteiger partial charge in [-0.05, 0) is 25.0 Å². The van der Waals surface area contributed by atoms with Crippen LogP contribution in [0.5, 0.6) is 5.75 Å². The Balaban J connectivity index is 1.83. The number of aryl methyl sites for hydroxylation is 1. The summed E-state index contributed by atoms with van der Waals surface area (Å²) in [4.78, 5) is 18.5. The number of methoxy groups -OCH3 is 1. The maximum absolute atomic E-state index is 14.2. The topological polar surface area (TPSA) is 47.4 Å². The molecule has 0 spiro atoms. The van der Waals surface area contributed by atoms with E-state index < -0.39 is 17.5 Å². The molecule has 1 aliphatic heterocycles. The van der Waals surface area contributed by atoms with Crippen molar-refractivity contribution < 1.29 is 18.3 Å². The van der Waals surface area contributed by atoms with Gasteiger partial charge in [-0.15, -0.1) is 0 Å². The summed E-state index contributed by atoms with van der Waals surface area (Å²) in [6.45, 7) is 0.962. The normalized spacial score (nSPS) is 17.8. The van der Waals surface area contributed by atoms with Crippen molar-refractivity contribution >= 4 is 5.91 Å². The summed E-state index contributed by atoms with van der Waals surface area (Å²) in [5.41, 5.74) is -0.270. The number of carbonyl (C=O) groups is 1. The summed E-state index contributed by atoms with van der Waals surface area (Å²) >= 11 is 0. The molecule has 24 heavy (non-hydrogen) atoms. The molecule has 1 aliphatic rings. The second-order valence-electron chi connectivity index (χ2n) is 5.93. The number of amides is 1. The monoisotopic (exact) mass is 335 g/mol. The van der Waals surface area contributed by atoms with Crippen LogP contribution in [0.2, 0.25) is 0 Å². The highest BCUT2D eigenvalue weighted by atomic mass is 19.2. The number of aromatic nitrogens is 2. The molecule has 0 radical (unpaired) electrons. The summed E-state index contributed by atoms with van der Waals surface area (Å²) in [5.74, 6) is -2.04. The SMILES string of the molecule is COc1ccc(C(=O)N2CCC[C@@H](c3nccn3C)C2)c(F)c1F. The molecule has 0 unspecified atom stereocenters. The van der Waals surface area contributed by atoms with Crippen molar-refractivity contribution in [1.29, 1.82) is 0 Å². The molecule has 2 heterocycles. The van der Waals surface area contributed by atoms with Crippen LogP contribution in [0.15, 0.2) is 24.5 Å². The number of hydrogen-bond acceptors (Lipinski definition) is 3. The van der Waals surface area contributed by atoms with Crippen molar-refractivity contribution in [3.63, 3.8) is 0 Å². The summed E-state index contributed by atoms with van der Waals surface area (Å²) in [5, 5.41) is 0. The van der Waals surface area contributed by atoms with Crippen LogP contribution in [0.3, 0.4) is 0 Å². The van der Waals surface area contributed by atoms with E-state index in [-0.39, 0.29) is 17.2 Å². The molecular weight excluding hydrogens is 316 g/mol. The largest absolute Gasteiger partial charge is 0.494 e. The van der Waals surface area contributed by atoms with E-state index in [1.165, 1.54) is 19.2 Å². The van der Waals surface area contributed by atoms with Gasteiger partial charge >= 0.3 is 0 Å². The first kappa shape index (κ1) is 16.4. The fraction of sp³-hybridized carbons (Fsp3) is 0.412. The van der Waals surface area contributed by atoms with Crippen molar-refractivity contribution in [3.05, 3.63) is 47.5 Å². The van der Waals surface area contributed by atoms with Gasteiger partial charge in [-0.2, -0.15) is 4.39 Å². The molecule has 7 heteroatoms. The molecule has 0 saturated carbocycles. The maximum Gasteiger partial charge on any atom is 0.256 e. The van der Waals surface area contributed by atoms with E-state index in [2.05, 4.69) is 4.98 Å². The molecule has 1 amide bonds. The molecule has 1 atom stereocenters. The zero-order valence-corrected chi connectivity index (χ0v) is 13.6. The molecule has 1 fully saturated rings. The third-order valence-electron chi connectivity index (χ3n) is 4.43. The first-order valence-electron chi connectivity index (χ1n) is 7.81. The van der Waals surface area contributed by atoms with Crippen LogP contribution in [-0.2, 0) is 7.05 Å².